The molecule has 1 amide bonds. The molecule has 0 radical (unpaired) electrons. The molecule has 0 aliphatic rings. The molecule has 0 aromatic carbocycles. The number of carbonyl (C=O) groups excluding carboxylic acids is 2. The van der Waals surface area contributed by atoms with E-state index in [1.165, 1.54) is 11.3 Å². The standard InChI is InChI=1S/C14H18BrNO5S/c1-3-8(2)21-14(20)10(4-5-12(17)18)16-13(19)11-6-9(15)7-22-11/h6-8,10H,3-5H2,1-2H3,(H,16,19)(H,17,18). The second kappa shape index (κ2) is 8.89. The van der Waals surface area contributed by atoms with E-state index in [9.17, 15) is 14.4 Å². The summed E-state index contributed by atoms with van der Waals surface area (Å²) in [5.74, 6) is -2.07. The number of carboxylic acid groups (broad SMARTS) is 1. The summed E-state index contributed by atoms with van der Waals surface area (Å²) < 4.78 is 5.95. The van der Waals surface area contributed by atoms with Crippen molar-refractivity contribution in [3.8, 4) is 0 Å². The number of hydrogen-bond donors (Lipinski definition) is 2. The molecule has 0 aliphatic heterocycles. The molecule has 0 saturated carbocycles. The first-order valence-corrected chi connectivity index (χ1v) is 8.48. The monoisotopic (exact) mass is 391 g/mol. The summed E-state index contributed by atoms with van der Waals surface area (Å²) in [6, 6.07) is 0.660. The van der Waals surface area contributed by atoms with Gasteiger partial charge >= 0.3 is 11.9 Å². The minimum absolute atomic E-state index is 0.0110. The number of aliphatic carboxylic acids is 1. The third-order valence-electron chi connectivity index (χ3n) is 2.92. The molecule has 1 heterocycles. The fourth-order valence-corrected chi connectivity index (χ4v) is 2.87. The van der Waals surface area contributed by atoms with Gasteiger partial charge in [-0.05, 0) is 41.8 Å². The van der Waals surface area contributed by atoms with E-state index in [4.69, 9.17) is 9.84 Å². The van der Waals surface area contributed by atoms with Crippen LogP contribution in [0.15, 0.2) is 15.9 Å². The van der Waals surface area contributed by atoms with Crippen LogP contribution >= 0.6 is 27.3 Å². The zero-order valence-electron chi connectivity index (χ0n) is 12.3. The average Bonchev–Trinajstić information content (AvgIpc) is 2.89. The van der Waals surface area contributed by atoms with Gasteiger partial charge in [0.15, 0.2) is 0 Å². The average molecular weight is 392 g/mol. The summed E-state index contributed by atoms with van der Waals surface area (Å²) in [5, 5.41) is 13.1. The number of hydrogen-bond acceptors (Lipinski definition) is 5. The van der Waals surface area contributed by atoms with Gasteiger partial charge in [0.2, 0.25) is 0 Å². The van der Waals surface area contributed by atoms with E-state index in [0.29, 0.717) is 11.3 Å². The Labute approximate surface area is 141 Å². The van der Waals surface area contributed by atoms with Crippen molar-refractivity contribution in [1.29, 1.82) is 0 Å². The van der Waals surface area contributed by atoms with Crippen molar-refractivity contribution in [2.45, 2.75) is 45.3 Å². The molecule has 8 heteroatoms. The second-order valence-electron chi connectivity index (χ2n) is 4.74. The molecular formula is C14H18BrNO5S. The molecule has 22 heavy (non-hydrogen) atoms. The Morgan fingerprint density at radius 1 is 1.45 bits per heavy atom. The first-order valence-electron chi connectivity index (χ1n) is 6.80. The number of carbonyl (C=O) groups is 3. The van der Waals surface area contributed by atoms with Crippen LogP contribution in [0.4, 0.5) is 0 Å². The lowest BCUT2D eigenvalue weighted by Gasteiger charge is -2.19. The van der Waals surface area contributed by atoms with E-state index < -0.39 is 23.9 Å². The largest absolute Gasteiger partial charge is 0.481 e. The fraction of sp³-hybridized carbons (Fsp3) is 0.500. The maximum Gasteiger partial charge on any atom is 0.328 e. The quantitative estimate of drug-likeness (QED) is 0.664. The van der Waals surface area contributed by atoms with Crippen molar-refractivity contribution < 1.29 is 24.2 Å². The molecule has 1 aromatic rings. The lowest BCUT2D eigenvalue weighted by molar-refractivity contribution is -0.151. The van der Waals surface area contributed by atoms with Gasteiger partial charge < -0.3 is 15.2 Å². The van der Waals surface area contributed by atoms with Crippen LogP contribution in [0.3, 0.4) is 0 Å². The Morgan fingerprint density at radius 3 is 2.64 bits per heavy atom. The van der Waals surface area contributed by atoms with Gasteiger partial charge in [-0.1, -0.05) is 6.92 Å². The normalized spacial score (nSPS) is 13.2. The molecule has 0 saturated heterocycles. The Kier molecular flexibility index (Phi) is 7.53. The summed E-state index contributed by atoms with van der Waals surface area (Å²) in [7, 11) is 0. The first-order chi connectivity index (χ1) is 10.3. The van der Waals surface area contributed by atoms with Gasteiger partial charge in [-0.25, -0.2) is 4.79 Å². The lowest BCUT2D eigenvalue weighted by atomic mass is 10.1. The molecular weight excluding hydrogens is 374 g/mol. The Hall–Kier alpha value is -1.41. The highest BCUT2D eigenvalue weighted by Gasteiger charge is 2.25. The van der Waals surface area contributed by atoms with E-state index >= 15 is 0 Å². The van der Waals surface area contributed by atoms with Crippen LogP contribution < -0.4 is 5.32 Å². The van der Waals surface area contributed by atoms with Crippen LogP contribution in [0.5, 0.6) is 0 Å². The Bertz CT molecular complexity index is 545. The first kappa shape index (κ1) is 18.6. The summed E-state index contributed by atoms with van der Waals surface area (Å²) in [5.41, 5.74) is 0. The number of nitrogens with one attached hydrogen (secondary N) is 1. The zero-order chi connectivity index (χ0) is 16.7. The number of rotatable bonds is 8. The van der Waals surface area contributed by atoms with E-state index in [1.54, 1.807) is 18.4 Å². The molecule has 1 rings (SSSR count). The van der Waals surface area contributed by atoms with E-state index in [-0.39, 0.29) is 18.9 Å². The Balaban J connectivity index is 2.74. The molecule has 122 valence electrons. The minimum atomic E-state index is -1.03. The van der Waals surface area contributed by atoms with Crippen LogP contribution in [0.1, 0.15) is 42.8 Å². The highest BCUT2D eigenvalue weighted by Crippen LogP contribution is 2.20. The summed E-state index contributed by atoms with van der Waals surface area (Å²) >= 11 is 4.48. The van der Waals surface area contributed by atoms with Gasteiger partial charge in [-0.3, -0.25) is 9.59 Å². The molecule has 0 aliphatic carbocycles. The van der Waals surface area contributed by atoms with E-state index in [2.05, 4.69) is 21.2 Å². The van der Waals surface area contributed by atoms with Gasteiger partial charge in [0.25, 0.3) is 5.91 Å². The molecule has 2 unspecified atom stereocenters. The minimum Gasteiger partial charge on any atom is -0.481 e. The highest BCUT2D eigenvalue weighted by atomic mass is 79.9. The van der Waals surface area contributed by atoms with Crippen molar-refractivity contribution in [3.05, 3.63) is 20.8 Å². The maximum atomic E-state index is 12.1. The van der Waals surface area contributed by atoms with Crippen molar-refractivity contribution in [1.82, 2.24) is 5.32 Å². The van der Waals surface area contributed by atoms with Crippen molar-refractivity contribution in [3.63, 3.8) is 0 Å². The second-order valence-corrected chi connectivity index (χ2v) is 6.57. The molecule has 1 aromatic heterocycles. The predicted octanol–water partition coefficient (Wildman–Crippen LogP) is 2.82. The molecule has 0 fully saturated rings. The summed E-state index contributed by atoms with van der Waals surface area (Å²) in [6.45, 7) is 3.61. The number of thiophene rings is 1. The Morgan fingerprint density at radius 2 is 2.14 bits per heavy atom. The van der Waals surface area contributed by atoms with Crippen LogP contribution in [0.2, 0.25) is 0 Å². The summed E-state index contributed by atoms with van der Waals surface area (Å²) in [4.78, 5) is 35.3. The fourth-order valence-electron chi connectivity index (χ4n) is 1.54. The van der Waals surface area contributed by atoms with Crippen LogP contribution in [-0.2, 0) is 14.3 Å². The van der Waals surface area contributed by atoms with Gasteiger partial charge in [0.1, 0.15) is 6.04 Å². The smallest absolute Gasteiger partial charge is 0.328 e. The maximum absolute atomic E-state index is 12.1. The van der Waals surface area contributed by atoms with E-state index in [1.807, 2.05) is 6.92 Å². The van der Waals surface area contributed by atoms with Crippen molar-refractivity contribution >= 4 is 45.1 Å². The molecule has 2 N–H and O–H groups in total. The van der Waals surface area contributed by atoms with Gasteiger partial charge in [-0.15, -0.1) is 11.3 Å². The number of esters is 1. The number of halogens is 1. The van der Waals surface area contributed by atoms with Crippen LogP contribution in [0.25, 0.3) is 0 Å². The zero-order valence-corrected chi connectivity index (χ0v) is 14.7. The lowest BCUT2D eigenvalue weighted by Crippen LogP contribution is -2.42. The third-order valence-corrected chi connectivity index (χ3v) is 4.61. The highest BCUT2D eigenvalue weighted by molar-refractivity contribution is 9.10. The van der Waals surface area contributed by atoms with Gasteiger partial charge in [0.05, 0.1) is 11.0 Å². The number of carboxylic acids is 1. The van der Waals surface area contributed by atoms with Crippen LogP contribution in [0, 0.1) is 0 Å². The molecule has 0 bridgehead atoms. The third kappa shape index (κ3) is 6.15. The summed E-state index contributed by atoms with van der Waals surface area (Å²) in [6.07, 6.45) is 0.119. The van der Waals surface area contributed by atoms with Crippen LogP contribution in [-0.4, -0.2) is 35.1 Å². The van der Waals surface area contributed by atoms with Gasteiger partial charge in [0, 0.05) is 16.3 Å². The molecule has 0 spiro atoms. The topological polar surface area (TPSA) is 92.7 Å². The van der Waals surface area contributed by atoms with Crippen molar-refractivity contribution in [2.24, 2.45) is 0 Å². The number of ether oxygens (including phenoxy) is 1. The number of amides is 1. The van der Waals surface area contributed by atoms with Gasteiger partial charge in [-0.2, -0.15) is 0 Å². The molecule has 2 atom stereocenters. The van der Waals surface area contributed by atoms with E-state index in [0.717, 1.165) is 4.47 Å². The van der Waals surface area contributed by atoms with Crippen molar-refractivity contribution in [2.75, 3.05) is 0 Å². The molecule has 6 nitrogen and oxygen atoms in total. The predicted molar refractivity (Wildman–Crippen MR) is 86.0 cm³/mol. The SMILES string of the molecule is CCC(C)OC(=O)C(CCC(=O)O)NC(=O)c1cc(Br)cs1.